The third kappa shape index (κ3) is 4.44. The predicted molar refractivity (Wildman–Crippen MR) is 117 cm³/mol. The van der Waals surface area contributed by atoms with Crippen LogP contribution in [0.5, 0.6) is 0 Å². The largest absolute Gasteiger partial charge is 0.476 e. The van der Waals surface area contributed by atoms with Gasteiger partial charge in [0.2, 0.25) is 0 Å². The Hall–Kier alpha value is -2.83. The number of carbonyl (C=O) groups is 1. The number of carboxylic acid groups (broad SMARTS) is 1. The molecule has 29 heavy (non-hydrogen) atoms. The maximum atomic E-state index is 12.0. The average Bonchev–Trinajstić information content (AvgIpc) is 3.09. The fourth-order valence-electron chi connectivity index (χ4n) is 2.96. The molecule has 1 aromatic heterocycles. The van der Waals surface area contributed by atoms with Crippen molar-refractivity contribution < 1.29 is 9.90 Å². The van der Waals surface area contributed by atoms with Gasteiger partial charge in [-0.2, -0.15) is 5.10 Å². The van der Waals surface area contributed by atoms with Gasteiger partial charge in [-0.3, -0.25) is 0 Å². The van der Waals surface area contributed by atoms with Crippen molar-refractivity contribution in [1.29, 1.82) is 5.41 Å². The van der Waals surface area contributed by atoms with E-state index in [9.17, 15) is 9.90 Å². The third-order valence-electron chi connectivity index (χ3n) is 4.59. The van der Waals surface area contributed by atoms with Crippen molar-refractivity contribution in [3.63, 3.8) is 0 Å². The summed E-state index contributed by atoms with van der Waals surface area (Å²) < 4.78 is 1.53. The highest BCUT2D eigenvalue weighted by Crippen LogP contribution is 2.36. The van der Waals surface area contributed by atoms with Crippen LogP contribution in [0.2, 0.25) is 10.0 Å². The number of benzene rings is 2. The van der Waals surface area contributed by atoms with Gasteiger partial charge < -0.3 is 15.8 Å². The number of hydrogen-bond acceptors (Lipinski definition) is 4. The molecule has 1 heterocycles. The maximum Gasteiger partial charge on any atom is 0.358 e. The van der Waals surface area contributed by atoms with Crippen LogP contribution in [0.4, 0.5) is 5.69 Å². The molecule has 8 heteroatoms. The molecule has 0 amide bonds. The number of anilines is 1. The second-order valence-electron chi connectivity index (χ2n) is 6.46. The van der Waals surface area contributed by atoms with Gasteiger partial charge in [0.15, 0.2) is 5.69 Å². The van der Waals surface area contributed by atoms with Crippen molar-refractivity contribution in [3.05, 3.63) is 64.3 Å². The minimum absolute atomic E-state index is 0.0293. The molecule has 1 atom stereocenters. The van der Waals surface area contributed by atoms with E-state index < -0.39 is 5.97 Å². The van der Waals surface area contributed by atoms with Crippen LogP contribution in [0.3, 0.4) is 0 Å². The monoisotopic (exact) mass is 430 g/mol. The number of nitrogens with one attached hydrogen (secondary N) is 2. The Labute approximate surface area is 178 Å². The molecule has 0 radical (unpaired) electrons. The number of aromatic carboxylic acids is 1. The van der Waals surface area contributed by atoms with Gasteiger partial charge in [-0.1, -0.05) is 54.4 Å². The van der Waals surface area contributed by atoms with Crippen molar-refractivity contribution in [3.8, 4) is 16.9 Å². The lowest BCUT2D eigenvalue weighted by atomic mass is 10.1. The van der Waals surface area contributed by atoms with E-state index in [0.717, 1.165) is 12.0 Å². The van der Waals surface area contributed by atoms with Crippen LogP contribution < -0.4 is 5.32 Å². The molecular weight excluding hydrogens is 411 g/mol. The average molecular weight is 431 g/mol. The molecule has 0 spiro atoms. The van der Waals surface area contributed by atoms with Gasteiger partial charge in [-0.05, 0) is 30.7 Å². The molecule has 0 saturated carbocycles. The molecule has 150 valence electrons. The summed E-state index contributed by atoms with van der Waals surface area (Å²) >= 11 is 12.4. The van der Waals surface area contributed by atoms with Crippen LogP contribution >= 0.6 is 23.2 Å². The van der Waals surface area contributed by atoms with E-state index in [1.165, 1.54) is 10.9 Å². The molecule has 2 aromatic carbocycles. The minimum atomic E-state index is -1.16. The van der Waals surface area contributed by atoms with Crippen molar-refractivity contribution in [1.82, 2.24) is 9.78 Å². The van der Waals surface area contributed by atoms with Gasteiger partial charge in [0.1, 0.15) is 0 Å². The summed E-state index contributed by atoms with van der Waals surface area (Å²) in [5.41, 5.74) is 2.12. The van der Waals surface area contributed by atoms with Crippen LogP contribution in [0, 0.1) is 11.3 Å². The van der Waals surface area contributed by atoms with Gasteiger partial charge in [-0.25, -0.2) is 9.48 Å². The zero-order valence-corrected chi connectivity index (χ0v) is 17.2. The second-order valence-corrected chi connectivity index (χ2v) is 7.31. The number of carboxylic acids is 1. The summed E-state index contributed by atoms with van der Waals surface area (Å²) in [7, 11) is 0. The van der Waals surface area contributed by atoms with Crippen LogP contribution in [0.25, 0.3) is 16.9 Å². The molecule has 0 aliphatic rings. The zero-order valence-electron chi connectivity index (χ0n) is 15.7. The first-order valence-corrected chi connectivity index (χ1v) is 9.83. The number of para-hydroxylation sites is 1. The summed E-state index contributed by atoms with van der Waals surface area (Å²) in [6.45, 7) is 2.39. The Morgan fingerprint density at radius 2 is 1.93 bits per heavy atom. The van der Waals surface area contributed by atoms with Crippen molar-refractivity contribution in [2.75, 3.05) is 11.9 Å². The van der Waals surface area contributed by atoms with Crippen molar-refractivity contribution in [2.24, 2.45) is 5.92 Å². The normalized spacial score (nSPS) is 11.8. The van der Waals surface area contributed by atoms with Crippen LogP contribution in [-0.2, 0) is 0 Å². The molecule has 0 fully saturated rings. The first-order valence-electron chi connectivity index (χ1n) is 9.07. The topological polar surface area (TPSA) is 91.0 Å². The summed E-state index contributed by atoms with van der Waals surface area (Å²) in [4.78, 5) is 12.0. The van der Waals surface area contributed by atoms with Crippen LogP contribution in [0.15, 0.2) is 48.5 Å². The highest BCUT2D eigenvalue weighted by molar-refractivity contribution is 6.32. The number of aromatic nitrogens is 2. The van der Waals surface area contributed by atoms with E-state index in [-0.39, 0.29) is 11.6 Å². The molecular formula is C21H20Cl2N4O2. The molecule has 3 N–H and O–H groups in total. The number of nitrogens with zero attached hydrogens (tertiary/aromatic N) is 2. The lowest BCUT2D eigenvalue weighted by Gasteiger charge is -2.15. The summed E-state index contributed by atoms with van der Waals surface area (Å²) in [5, 5.41) is 25.9. The predicted octanol–water partition coefficient (Wildman–Crippen LogP) is 5.63. The fraction of sp³-hybridized carbons (Fsp3) is 0.190. The minimum Gasteiger partial charge on any atom is -0.476 e. The summed E-state index contributed by atoms with van der Waals surface area (Å²) in [6, 6.07) is 14.2. The number of halogens is 2. The maximum absolute atomic E-state index is 12.0. The Bertz CT molecular complexity index is 1030. The molecule has 1 unspecified atom stereocenters. The van der Waals surface area contributed by atoms with Gasteiger partial charge in [0.05, 0.1) is 22.1 Å². The SMILES string of the molecule is CCC(C=N)CNc1c(C(=O)O)nn(-c2ccccc2Cl)c1-c1ccc(Cl)cc1. The number of hydrogen-bond donors (Lipinski definition) is 3. The van der Waals surface area contributed by atoms with E-state index in [4.69, 9.17) is 28.6 Å². The Morgan fingerprint density at radius 1 is 1.24 bits per heavy atom. The molecule has 0 bridgehead atoms. The van der Waals surface area contributed by atoms with E-state index in [1.54, 1.807) is 42.5 Å². The smallest absolute Gasteiger partial charge is 0.358 e. The third-order valence-corrected chi connectivity index (χ3v) is 5.16. The standard InChI is InChI=1S/C21H20Cl2N4O2/c1-2-13(11-24)12-25-18-19(21(28)29)26-27(17-6-4-3-5-16(17)23)20(18)14-7-9-15(22)10-8-14/h3-11,13,24-25H,2,12H2,1H3,(H,28,29). The van der Waals surface area contributed by atoms with Gasteiger partial charge >= 0.3 is 5.97 Å². The van der Waals surface area contributed by atoms with Crippen LogP contribution in [-0.4, -0.2) is 33.6 Å². The quantitative estimate of drug-likeness (QED) is 0.403. The number of rotatable bonds is 8. The van der Waals surface area contributed by atoms with E-state index in [2.05, 4.69) is 10.4 Å². The van der Waals surface area contributed by atoms with E-state index in [1.807, 2.05) is 13.0 Å². The van der Waals surface area contributed by atoms with Gasteiger partial charge in [0.25, 0.3) is 0 Å². The first kappa shape index (κ1) is 20.9. The Kier molecular flexibility index (Phi) is 6.56. The van der Waals surface area contributed by atoms with E-state index in [0.29, 0.717) is 33.7 Å². The van der Waals surface area contributed by atoms with Gasteiger partial charge in [0, 0.05) is 29.3 Å². The first-order chi connectivity index (χ1) is 14.0. The molecule has 3 rings (SSSR count). The fourth-order valence-corrected chi connectivity index (χ4v) is 3.30. The lowest BCUT2D eigenvalue weighted by Crippen LogP contribution is -2.16. The molecule has 6 nitrogen and oxygen atoms in total. The molecule has 0 aliphatic carbocycles. The molecule has 3 aromatic rings. The van der Waals surface area contributed by atoms with Crippen molar-refractivity contribution in [2.45, 2.75) is 13.3 Å². The van der Waals surface area contributed by atoms with Crippen molar-refractivity contribution >= 4 is 41.1 Å². The highest BCUT2D eigenvalue weighted by Gasteiger charge is 2.25. The zero-order chi connectivity index (χ0) is 21.0. The Balaban J connectivity index is 2.24. The Morgan fingerprint density at radius 3 is 2.52 bits per heavy atom. The van der Waals surface area contributed by atoms with Gasteiger partial charge in [-0.15, -0.1) is 0 Å². The van der Waals surface area contributed by atoms with Crippen LogP contribution in [0.1, 0.15) is 23.8 Å². The highest BCUT2D eigenvalue weighted by atomic mass is 35.5. The second kappa shape index (κ2) is 9.11. The molecule has 0 aliphatic heterocycles. The summed E-state index contributed by atoms with van der Waals surface area (Å²) in [5.74, 6) is -1.19. The summed E-state index contributed by atoms with van der Waals surface area (Å²) in [6.07, 6.45) is 2.11. The molecule has 0 saturated heterocycles. The lowest BCUT2D eigenvalue weighted by molar-refractivity contribution is 0.0691. The van der Waals surface area contributed by atoms with E-state index >= 15 is 0 Å².